The molecule has 0 aromatic carbocycles. The first-order valence-electron chi connectivity index (χ1n) is 8.82. The third kappa shape index (κ3) is 17.1. The lowest BCUT2D eigenvalue weighted by atomic mass is 10.0. The van der Waals surface area contributed by atoms with Gasteiger partial charge in [-0.05, 0) is 19.3 Å². The Kier molecular flexibility index (Phi) is 14.9. The lowest BCUT2D eigenvalue weighted by Crippen LogP contribution is -2.00. The van der Waals surface area contributed by atoms with Crippen molar-refractivity contribution >= 4 is 11.8 Å². The van der Waals surface area contributed by atoms with Crippen molar-refractivity contribution in [1.82, 2.24) is 0 Å². The number of Topliss-reactive ketones (excluding diaryl/α,β-unsaturated/α-hetero) is 1. The van der Waals surface area contributed by atoms with Crippen molar-refractivity contribution in [1.29, 1.82) is 0 Å². The molecule has 0 atom stereocenters. The number of esters is 1. The van der Waals surface area contributed by atoms with Gasteiger partial charge in [0.1, 0.15) is 5.78 Å². The second kappa shape index (κ2) is 15.5. The van der Waals surface area contributed by atoms with Crippen LogP contribution in [-0.4, -0.2) is 18.4 Å². The average molecular weight is 298 g/mol. The van der Waals surface area contributed by atoms with E-state index in [2.05, 4.69) is 6.92 Å². The van der Waals surface area contributed by atoms with Crippen LogP contribution in [0.5, 0.6) is 0 Å². The molecule has 0 aliphatic heterocycles. The molecule has 0 aliphatic carbocycles. The smallest absolute Gasteiger partial charge is 0.302 e. The SMILES string of the molecule is CCCCCC(=O)CCCCCCCCCCOC(C)=O. The summed E-state index contributed by atoms with van der Waals surface area (Å²) in [5.41, 5.74) is 0. The minimum atomic E-state index is -0.181. The fourth-order valence-corrected chi connectivity index (χ4v) is 2.40. The van der Waals surface area contributed by atoms with Crippen LogP contribution in [0.3, 0.4) is 0 Å². The Morgan fingerprint density at radius 2 is 1.19 bits per heavy atom. The molecular formula is C18H34O3. The van der Waals surface area contributed by atoms with E-state index in [4.69, 9.17) is 4.74 Å². The van der Waals surface area contributed by atoms with Crippen molar-refractivity contribution in [3.05, 3.63) is 0 Å². The molecule has 0 aliphatic rings. The molecule has 0 aromatic heterocycles. The van der Waals surface area contributed by atoms with Gasteiger partial charge in [0, 0.05) is 19.8 Å². The normalized spacial score (nSPS) is 10.6. The minimum Gasteiger partial charge on any atom is -0.466 e. The predicted octanol–water partition coefficient (Wildman–Crippen LogP) is 5.21. The maximum absolute atomic E-state index is 11.6. The largest absolute Gasteiger partial charge is 0.466 e. The van der Waals surface area contributed by atoms with E-state index < -0.39 is 0 Å². The highest BCUT2D eigenvalue weighted by Crippen LogP contribution is 2.11. The van der Waals surface area contributed by atoms with Crippen molar-refractivity contribution in [2.24, 2.45) is 0 Å². The zero-order valence-electron chi connectivity index (χ0n) is 14.1. The Labute approximate surface area is 130 Å². The molecule has 3 heteroatoms. The van der Waals surface area contributed by atoms with Crippen LogP contribution in [0, 0.1) is 0 Å². The van der Waals surface area contributed by atoms with E-state index in [0.29, 0.717) is 12.4 Å². The number of rotatable bonds is 15. The highest BCUT2D eigenvalue weighted by Gasteiger charge is 2.01. The van der Waals surface area contributed by atoms with Crippen molar-refractivity contribution in [3.8, 4) is 0 Å². The first-order chi connectivity index (χ1) is 10.2. The van der Waals surface area contributed by atoms with Gasteiger partial charge in [0.05, 0.1) is 6.61 Å². The van der Waals surface area contributed by atoms with E-state index in [9.17, 15) is 9.59 Å². The van der Waals surface area contributed by atoms with Gasteiger partial charge in [-0.25, -0.2) is 0 Å². The van der Waals surface area contributed by atoms with Crippen molar-refractivity contribution in [3.63, 3.8) is 0 Å². The van der Waals surface area contributed by atoms with Crippen LogP contribution in [0.25, 0.3) is 0 Å². The summed E-state index contributed by atoms with van der Waals surface area (Å²) in [4.78, 5) is 22.1. The maximum atomic E-state index is 11.6. The molecule has 21 heavy (non-hydrogen) atoms. The maximum Gasteiger partial charge on any atom is 0.302 e. The predicted molar refractivity (Wildman–Crippen MR) is 87.3 cm³/mol. The zero-order valence-corrected chi connectivity index (χ0v) is 14.1. The Hall–Kier alpha value is -0.860. The fraction of sp³-hybridized carbons (Fsp3) is 0.889. The first kappa shape index (κ1) is 20.1. The lowest BCUT2D eigenvalue weighted by Gasteiger charge is -2.03. The Morgan fingerprint density at radius 3 is 1.71 bits per heavy atom. The van der Waals surface area contributed by atoms with Crippen LogP contribution in [0.1, 0.15) is 97.3 Å². The van der Waals surface area contributed by atoms with Gasteiger partial charge in [-0.15, -0.1) is 0 Å². The van der Waals surface area contributed by atoms with Gasteiger partial charge < -0.3 is 4.74 Å². The molecule has 124 valence electrons. The van der Waals surface area contributed by atoms with E-state index in [1.807, 2.05) is 0 Å². The molecule has 0 aromatic rings. The summed E-state index contributed by atoms with van der Waals surface area (Å²) in [7, 11) is 0. The summed E-state index contributed by atoms with van der Waals surface area (Å²) in [5.74, 6) is 0.271. The van der Waals surface area contributed by atoms with Gasteiger partial charge >= 0.3 is 5.97 Å². The van der Waals surface area contributed by atoms with Crippen molar-refractivity contribution < 1.29 is 14.3 Å². The molecule has 0 heterocycles. The average Bonchev–Trinajstić information content (AvgIpc) is 2.44. The molecule has 0 rings (SSSR count). The number of unbranched alkanes of at least 4 members (excludes halogenated alkanes) is 9. The fourth-order valence-electron chi connectivity index (χ4n) is 2.40. The van der Waals surface area contributed by atoms with Gasteiger partial charge in [0.15, 0.2) is 0 Å². The molecule has 0 N–H and O–H groups in total. The van der Waals surface area contributed by atoms with E-state index in [1.54, 1.807) is 0 Å². The summed E-state index contributed by atoms with van der Waals surface area (Å²) >= 11 is 0. The minimum absolute atomic E-state index is 0.181. The molecule has 0 bridgehead atoms. The Balaban J connectivity index is 3.11. The Morgan fingerprint density at radius 1 is 0.714 bits per heavy atom. The molecule has 3 nitrogen and oxygen atoms in total. The second-order valence-electron chi connectivity index (χ2n) is 5.91. The van der Waals surface area contributed by atoms with Gasteiger partial charge in [-0.2, -0.15) is 0 Å². The van der Waals surface area contributed by atoms with Gasteiger partial charge in [-0.3, -0.25) is 9.59 Å². The number of ether oxygens (including phenoxy) is 1. The second-order valence-corrected chi connectivity index (χ2v) is 5.91. The molecule has 0 amide bonds. The van der Waals surface area contributed by atoms with Crippen LogP contribution >= 0.6 is 0 Å². The van der Waals surface area contributed by atoms with Crippen molar-refractivity contribution in [2.45, 2.75) is 97.3 Å². The summed E-state index contributed by atoms with van der Waals surface area (Å²) < 4.78 is 4.89. The lowest BCUT2D eigenvalue weighted by molar-refractivity contribution is -0.141. The Bertz CT molecular complexity index is 261. The van der Waals surface area contributed by atoms with Gasteiger partial charge in [0.25, 0.3) is 0 Å². The van der Waals surface area contributed by atoms with E-state index in [-0.39, 0.29) is 5.97 Å². The summed E-state index contributed by atoms with van der Waals surface area (Å²) in [6.07, 6.45) is 14.4. The van der Waals surface area contributed by atoms with Crippen LogP contribution in [0.4, 0.5) is 0 Å². The summed E-state index contributed by atoms with van der Waals surface area (Å²) in [5, 5.41) is 0. The quantitative estimate of drug-likeness (QED) is 0.308. The van der Waals surface area contributed by atoms with Gasteiger partial charge in [-0.1, -0.05) is 58.3 Å². The molecule has 0 radical (unpaired) electrons. The highest BCUT2D eigenvalue weighted by molar-refractivity contribution is 5.78. The number of hydrogen-bond donors (Lipinski definition) is 0. The van der Waals surface area contributed by atoms with Crippen LogP contribution in [0.15, 0.2) is 0 Å². The molecule has 0 saturated carbocycles. The summed E-state index contributed by atoms with van der Waals surface area (Å²) in [6.45, 7) is 4.19. The van der Waals surface area contributed by atoms with Crippen LogP contribution in [0.2, 0.25) is 0 Å². The standard InChI is InChI=1S/C18H34O3/c1-3-4-11-14-18(20)15-12-9-7-5-6-8-10-13-16-21-17(2)19/h3-16H2,1-2H3. The van der Waals surface area contributed by atoms with Crippen LogP contribution < -0.4 is 0 Å². The molecule has 0 fully saturated rings. The highest BCUT2D eigenvalue weighted by atomic mass is 16.5. The van der Waals surface area contributed by atoms with Gasteiger partial charge in [0.2, 0.25) is 0 Å². The number of hydrogen-bond acceptors (Lipinski definition) is 3. The third-order valence-electron chi connectivity index (χ3n) is 3.71. The van der Waals surface area contributed by atoms with E-state index >= 15 is 0 Å². The number of carbonyl (C=O) groups excluding carboxylic acids is 2. The topological polar surface area (TPSA) is 43.4 Å². The van der Waals surface area contributed by atoms with Crippen LogP contribution in [-0.2, 0) is 14.3 Å². The third-order valence-corrected chi connectivity index (χ3v) is 3.71. The number of carbonyl (C=O) groups is 2. The zero-order chi connectivity index (χ0) is 15.8. The first-order valence-corrected chi connectivity index (χ1v) is 8.82. The van der Waals surface area contributed by atoms with E-state index in [0.717, 1.165) is 38.5 Å². The molecular weight excluding hydrogens is 264 g/mol. The molecule has 0 saturated heterocycles. The van der Waals surface area contributed by atoms with Crippen molar-refractivity contribution in [2.75, 3.05) is 6.61 Å². The molecule has 0 spiro atoms. The summed E-state index contributed by atoms with van der Waals surface area (Å²) in [6, 6.07) is 0. The molecule has 0 unspecified atom stereocenters. The number of ketones is 1. The monoisotopic (exact) mass is 298 g/mol. The van der Waals surface area contributed by atoms with E-state index in [1.165, 1.54) is 51.9 Å².